The molecule has 1 aromatic carbocycles. The van der Waals surface area contributed by atoms with E-state index in [1.807, 2.05) is 12.1 Å². The molecule has 1 heterocycles. The molecule has 104 valence electrons. The normalized spacial score (nSPS) is 20.3. The summed E-state index contributed by atoms with van der Waals surface area (Å²) in [4.78, 5) is 15.9. The second-order valence-electron chi connectivity index (χ2n) is 5.39. The second kappa shape index (κ2) is 5.93. The molecule has 1 unspecified atom stereocenters. The molecule has 2 rings (SSSR count). The van der Waals surface area contributed by atoms with E-state index in [0.717, 1.165) is 12.2 Å². The number of halogens is 1. The van der Waals surface area contributed by atoms with Gasteiger partial charge in [0.15, 0.2) is 5.78 Å². The van der Waals surface area contributed by atoms with Gasteiger partial charge in [0.05, 0.1) is 10.7 Å². The molecule has 0 bridgehead atoms. The van der Waals surface area contributed by atoms with E-state index in [4.69, 9.17) is 11.6 Å². The number of anilines is 1. The number of Topliss-reactive ketones (excluding diaryl/α,β-unsaturated/α-hetero) is 1. The van der Waals surface area contributed by atoms with E-state index in [1.165, 1.54) is 19.4 Å². The van der Waals surface area contributed by atoms with Crippen LogP contribution in [0.25, 0.3) is 0 Å². The summed E-state index contributed by atoms with van der Waals surface area (Å²) in [6.45, 7) is 3.79. The molecule has 0 spiro atoms. The Morgan fingerprint density at radius 1 is 1.47 bits per heavy atom. The van der Waals surface area contributed by atoms with Crippen LogP contribution in [0.5, 0.6) is 0 Å². The summed E-state index contributed by atoms with van der Waals surface area (Å²) < 4.78 is 0. The van der Waals surface area contributed by atoms with Crippen LogP contribution in [0.3, 0.4) is 0 Å². The summed E-state index contributed by atoms with van der Waals surface area (Å²) in [5.41, 5.74) is 1.68. The largest absolute Gasteiger partial charge is 0.369 e. The van der Waals surface area contributed by atoms with Crippen molar-refractivity contribution in [3.8, 4) is 0 Å². The summed E-state index contributed by atoms with van der Waals surface area (Å²) in [6.07, 6.45) is 2.40. The molecule has 1 atom stereocenters. The van der Waals surface area contributed by atoms with Gasteiger partial charge < -0.3 is 9.80 Å². The average molecular weight is 281 g/mol. The minimum Gasteiger partial charge on any atom is -0.369 e. The van der Waals surface area contributed by atoms with E-state index in [2.05, 4.69) is 23.9 Å². The standard InChI is InChI=1S/C15H21ClN2O/c1-11(19)12-6-7-15(14(16)9-12)18(3)13-5-4-8-17(2)10-13/h6-7,9,13H,4-5,8,10H2,1-3H3. The maximum Gasteiger partial charge on any atom is 0.159 e. The maximum atomic E-state index is 11.3. The maximum absolute atomic E-state index is 11.3. The highest BCUT2D eigenvalue weighted by Crippen LogP contribution is 2.29. The summed E-state index contributed by atoms with van der Waals surface area (Å²) in [6, 6.07) is 6.06. The zero-order valence-electron chi connectivity index (χ0n) is 11.8. The highest BCUT2D eigenvalue weighted by Gasteiger charge is 2.22. The molecule has 19 heavy (non-hydrogen) atoms. The third-order valence-electron chi connectivity index (χ3n) is 3.88. The Balaban J connectivity index is 2.19. The van der Waals surface area contributed by atoms with Gasteiger partial charge in [-0.05, 0) is 51.6 Å². The number of carbonyl (C=O) groups excluding carboxylic acids is 1. The van der Waals surface area contributed by atoms with Gasteiger partial charge in [-0.2, -0.15) is 0 Å². The quantitative estimate of drug-likeness (QED) is 0.795. The van der Waals surface area contributed by atoms with Gasteiger partial charge in [0, 0.05) is 25.2 Å². The number of nitrogens with zero attached hydrogens (tertiary/aromatic N) is 2. The Kier molecular flexibility index (Phi) is 4.48. The number of likely N-dealkylation sites (tertiary alicyclic amines) is 1. The predicted molar refractivity (Wildman–Crippen MR) is 80.4 cm³/mol. The van der Waals surface area contributed by atoms with Crippen LogP contribution in [0.1, 0.15) is 30.1 Å². The number of benzene rings is 1. The van der Waals surface area contributed by atoms with Gasteiger partial charge in [-0.1, -0.05) is 11.6 Å². The molecule has 0 saturated carbocycles. The van der Waals surface area contributed by atoms with Crippen LogP contribution in [0, 0.1) is 0 Å². The van der Waals surface area contributed by atoms with Gasteiger partial charge in [-0.25, -0.2) is 0 Å². The molecule has 0 aliphatic carbocycles. The van der Waals surface area contributed by atoms with Gasteiger partial charge in [-0.15, -0.1) is 0 Å². The smallest absolute Gasteiger partial charge is 0.159 e. The lowest BCUT2D eigenvalue weighted by atomic mass is 10.0. The molecule has 0 N–H and O–H groups in total. The summed E-state index contributed by atoms with van der Waals surface area (Å²) in [5.74, 6) is 0.0495. The Bertz CT molecular complexity index is 475. The summed E-state index contributed by atoms with van der Waals surface area (Å²) >= 11 is 6.32. The molecule has 1 aliphatic heterocycles. The molecular formula is C15H21ClN2O. The summed E-state index contributed by atoms with van der Waals surface area (Å²) in [7, 11) is 4.24. The Morgan fingerprint density at radius 3 is 2.79 bits per heavy atom. The second-order valence-corrected chi connectivity index (χ2v) is 5.80. The van der Waals surface area contributed by atoms with Gasteiger partial charge in [0.2, 0.25) is 0 Å². The molecule has 0 amide bonds. The van der Waals surface area contributed by atoms with Crippen LogP contribution < -0.4 is 4.90 Å². The number of likely N-dealkylation sites (N-methyl/N-ethyl adjacent to an activating group) is 2. The number of rotatable bonds is 3. The fourth-order valence-corrected chi connectivity index (χ4v) is 2.98. The van der Waals surface area contributed by atoms with E-state index in [0.29, 0.717) is 16.6 Å². The molecular weight excluding hydrogens is 260 g/mol. The van der Waals surface area contributed by atoms with Crippen molar-refractivity contribution >= 4 is 23.1 Å². The third kappa shape index (κ3) is 3.28. The van der Waals surface area contributed by atoms with Crippen molar-refractivity contribution in [3.05, 3.63) is 28.8 Å². The first-order valence-corrected chi connectivity index (χ1v) is 7.08. The van der Waals surface area contributed by atoms with Gasteiger partial charge >= 0.3 is 0 Å². The first-order chi connectivity index (χ1) is 8.99. The molecule has 1 saturated heterocycles. The summed E-state index contributed by atoms with van der Waals surface area (Å²) in [5, 5.41) is 0.656. The van der Waals surface area contributed by atoms with Crippen LogP contribution >= 0.6 is 11.6 Å². The third-order valence-corrected chi connectivity index (χ3v) is 4.18. The van der Waals surface area contributed by atoms with E-state index < -0.39 is 0 Å². The Labute approximate surface area is 120 Å². The highest BCUT2D eigenvalue weighted by molar-refractivity contribution is 6.33. The number of hydrogen-bond donors (Lipinski definition) is 0. The van der Waals surface area contributed by atoms with Crippen molar-refractivity contribution in [2.75, 3.05) is 32.1 Å². The SMILES string of the molecule is CC(=O)c1ccc(N(C)C2CCCN(C)C2)c(Cl)c1. The topological polar surface area (TPSA) is 23.6 Å². The lowest BCUT2D eigenvalue weighted by molar-refractivity contribution is 0.101. The zero-order chi connectivity index (χ0) is 14.0. The van der Waals surface area contributed by atoms with E-state index in [1.54, 1.807) is 13.0 Å². The number of piperidine rings is 1. The first-order valence-electron chi connectivity index (χ1n) is 6.71. The van der Waals surface area contributed by atoms with Gasteiger partial charge in [-0.3, -0.25) is 4.79 Å². The minimum atomic E-state index is 0.0495. The lowest BCUT2D eigenvalue weighted by Gasteiger charge is -2.37. The van der Waals surface area contributed by atoms with Crippen LogP contribution in [0.4, 0.5) is 5.69 Å². The van der Waals surface area contributed by atoms with Crippen molar-refractivity contribution in [1.82, 2.24) is 4.90 Å². The van der Waals surface area contributed by atoms with Crippen LogP contribution in [0.2, 0.25) is 5.02 Å². The van der Waals surface area contributed by atoms with Gasteiger partial charge in [0.1, 0.15) is 0 Å². The van der Waals surface area contributed by atoms with Crippen molar-refractivity contribution in [2.45, 2.75) is 25.8 Å². The van der Waals surface area contributed by atoms with Crippen LogP contribution in [-0.4, -0.2) is 43.9 Å². The lowest BCUT2D eigenvalue weighted by Crippen LogP contribution is -2.45. The molecule has 3 nitrogen and oxygen atoms in total. The van der Waals surface area contributed by atoms with Crippen molar-refractivity contribution < 1.29 is 4.79 Å². The average Bonchev–Trinajstić information content (AvgIpc) is 2.37. The first kappa shape index (κ1) is 14.4. The number of carbonyl (C=O) groups is 1. The van der Waals surface area contributed by atoms with Crippen LogP contribution in [0.15, 0.2) is 18.2 Å². The molecule has 1 fully saturated rings. The fraction of sp³-hybridized carbons (Fsp3) is 0.533. The number of hydrogen-bond acceptors (Lipinski definition) is 3. The molecule has 4 heteroatoms. The molecule has 0 radical (unpaired) electrons. The van der Waals surface area contributed by atoms with Gasteiger partial charge in [0.25, 0.3) is 0 Å². The van der Waals surface area contributed by atoms with E-state index in [-0.39, 0.29) is 5.78 Å². The minimum absolute atomic E-state index is 0.0495. The van der Waals surface area contributed by atoms with Crippen molar-refractivity contribution in [1.29, 1.82) is 0 Å². The zero-order valence-corrected chi connectivity index (χ0v) is 12.6. The molecule has 1 aliphatic rings. The monoisotopic (exact) mass is 280 g/mol. The number of ketones is 1. The van der Waals surface area contributed by atoms with Crippen molar-refractivity contribution in [2.24, 2.45) is 0 Å². The fourth-order valence-electron chi connectivity index (χ4n) is 2.66. The Morgan fingerprint density at radius 2 is 2.21 bits per heavy atom. The Hall–Kier alpha value is -1.06. The van der Waals surface area contributed by atoms with Crippen molar-refractivity contribution in [3.63, 3.8) is 0 Å². The van der Waals surface area contributed by atoms with Crippen LogP contribution in [-0.2, 0) is 0 Å². The highest BCUT2D eigenvalue weighted by atomic mass is 35.5. The van der Waals surface area contributed by atoms with E-state index >= 15 is 0 Å². The molecule has 0 aromatic heterocycles. The van der Waals surface area contributed by atoms with E-state index in [9.17, 15) is 4.79 Å². The molecule has 1 aromatic rings. The predicted octanol–water partition coefficient (Wildman–Crippen LogP) is 3.07.